The van der Waals surface area contributed by atoms with E-state index in [1.807, 2.05) is 24.5 Å². The van der Waals surface area contributed by atoms with E-state index in [0.29, 0.717) is 19.8 Å². The molecule has 0 bridgehead atoms. The molecule has 0 atom stereocenters. The quantitative estimate of drug-likeness (QED) is 0.282. The Bertz CT molecular complexity index is 344. The molecule has 0 saturated heterocycles. The zero-order chi connectivity index (χ0) is 13.8. The van der Waals surface area contributed by atoms with Gasteiger partial charge in [-0.05, 0) is 12.1 Å². The Kier molecular flexibility index (Phi) is 12.7. The van der Waals surface area contributed by atoms with Crippen LogP contribution in [0.3, 0.4) is 0 Å². The van der Waals surface area contributed by atoms with Gasteiger partial charge in [0.2, 0.25) is 0 Å². The van der Waals surface area contributed by atoms with E-state index < -0.39 is 0 Å². The molecule has 0 saturated carbocycles. The highest BCUT2D eigenvalue weighted by Crippen LogP contribution is 1.87. The number of nitrogens with one attached hydrogen (secondary N) is 2. The lowest BCUT2D eigenvalue weighted by Crippen LogP contribution is -2.40. The molecule has 0 fully saturated rings. The molecule has 7 heteroatoms. The number of hydrogen-bond acceptors (Lipinski definition) is 3. The van der Waals surface area contributed by atoms with Crippen molar-refractivity contribution in [1.82, 2.24) is 15.2 Å². The third kappa shape index (κ3) is 9.16. The third-order valence-electron chi connectivity index (χ3n) is 2.52. The van der Waals surface area contributed by atoms with Gasteiger partial charge in [0.1, 0.15) is 0 Å². The number of methoxy groups -OCH3 is 1. The monoisotopic (exact) mass is 396 g/mol. The van der Waals surface area contributed by atoms with Crippen molar-refractivity contribution < 1.29 is 9.47 Å². The normalized spacial score (nSPS) is 11.0. The van der Waals surface area contributed by atoms with E-state index in [1.54, 1.807) is 14.2 Å². The fourth-order valence-corrected chi connectivity index (χ4v) is 1.53. The Morgan fingerprint density at radius 2 is 1.80 bits per heavy atom. The topological polar surface area (TPSA) is 59.8 Å². The summed E-state index contributed by atoms with van der Waals surface area (Å²) in [6, 6.07) is 4.04. The maximum atomic E-state index is 5.36. The van der Waals surface area contributed by atoms with Gasteiger partial charge in [0, 0.05) is 46.2 Å². The third-order valence-corrected chi connectivity index (χ3v) is 2.52. The van der Waals surface area contributed by atoms with Gasteiger partial charge in [0.25, 0.3) is 0 Å². The highest BCUT2D eigenvalue weighted by Gasteiger charge is 1.96. The summed E-state index contributed by atoms with van der Waals surface area (Å²) >= 11 is 0. The first kappa shape index (κ1) is 19.2. The molecule has 1 aromatic heterocycles. The summed E-state index contributed by atoms with van der Waals surface area (Å²) in [7, 11) is 3.43. The Balaban J connectivity index is 0.00000361. The summed E-state index contributed by atoms with van der Waals surface area (Å²) in [5.74, 6) is 0.794. The average Bonchev–Trinajstić information content (AvgIpc) is 2.93. The summed E-state index contributed by atoms with van der Waals surface area (Å²) in [5.41, 5.74) is 0. The minimum absolute atomic E-state index is 0. The first-order chi connectivity index (χ1) is 9.36. The van der Waals surface area contributed by atoms with E-state index in [2.05, 4.69) is 20.2 Å². The maximum absolute atomic E-state index is 5.36. The van der Waals surface area contributed by atoms with Crippen molar-refractivity contribution in [2.45, 2.75) is 6.54 Å². The van der Waals surface area contributed by atoms with Gasteiger partial charge in [0.15, 0.2) is 5.96 Å². The molecule has 0 amide bonds. The number of hydrogen-bond donors (Lipinski definition) is 2. The van der Waals surface area contributed by atoms with Gasteiger partial charge in [0.05, 0.1) is 19.8 Å². The van der Waals surface area contributed by atoms with Crippen molar-refractivity contribution >= 4 is 29.9 Å². The molecule has 1 aromatic rings. The Morgan fingerprint density at radius 3 is 2.45 bits per heavy atom. The smallest absolute Gasteiger partial charge is 0.191 e. The van der Waals surface area contributed by atoms with Crippen LogP contribution in [0.4, 0.5) is 0 Å². The highest BCUT2D eigenvalue weighted by atomic mass is 127. The predicted molar refractivity (Wildman–Crippen MR) is 91.9 cm³/mol. The second kappa shape index (κ2) is 13.2. The average molecular weight is 396 g/mol. The van der Waals surface area contributed by atoms with Crippen molar-refractivity contribution in [3.05, 3.63) is 24.5 Å². The molecule has 0 aliphatic rings. The number of nitrogens with zero attached hydrogens (tertiary/aromatic N) is 2. The van der Waals surface area contributed by atoms with E-state index in [4.69, 9.17) is 9.47 Å². The van der Waals surface area contributed by atoms with Gasteiger partial charge in [-0.1, -0.05) is 0 Å². The van der Waals surface area contributed by atoms with E-state index >= 15 is 0 Å². The Morgan fingerprint density at radius 1 is 1.10 bits per heavy atom. The second-order valence-electron chi connectivity index (χ2n) is 3.95. The standard InChI is InChI=1S/C13H24N4O2.HI/c1-14-13(16-6-10-19-12-11-18-2)15-5-9-17-7-3-4-8-17;/h3-4,7-8H,5-6,9-12H2,1-2H3,(H2,14,15,16);1H. The van der Waals surface area contributed by atoms with Crippen LogP contribution in [-0.2, 0) is 16.0 Å². The zero-order valence-corrected chi connectivity index (χ0v) is 14.5. The predicted octanol–water partition coefficient (Wildman–Crippen LogP) is 0.934. The van der Waals surface area contributed by atoms with Crippen LogP contribution in [0.5, 0.6) is 0 Å². The molecule has 116 valence electrons. The lowest BCUT2D eigenvalue weighted by Gasteiger charge is -2.12. The molecule has 1 heterocycles. The zero-order valence-electron chi connectivity index (χ0n) is 12.2. The van der Waals surface area contributed by atoms with Crippen LogP contribution in [0.1, 0.15) is 0 Å². The lowest BCUT2D eigenvalue weighted by atomic mass is 10.6. The van der Waals surface area contributed by atoms with Gasteiger partial charge in [-0.25, -0.2) is 0 Å². The van der Waals surface area contributed by atoms with Gasteiger partial charge in [-0.3, -0.25) is 4.99 Å². The number of ether oxygens (including phenoxy) is 2. The fraction of sp³-hybridized carbons (Fsp3) is 0.615. The largest absolute Gasteiger partial charge is 0.382 e. The first-order valence-corrected chi connectivity index (χ1v) is 6.48. The van der Waals surface area contributed by atoms with E-state index in [0.717, 1.165) is 25.6 Å². The summed E-state index contributed by atoms with van der Waals surface area (Å²) in [6.45, 7) is 4.37. The molecule has 20 heavy (non-hydrogen) atoms. The fourth-order valence-electron chi connectivity index (χ4n) is 1.53. The summed E-state index contributed by atoms with van der Waals surface area (Å²) < 4.78 is 12.4. The van der Waals surface area contributed by atoms with E-state index in [-0.39, 0.29) is 24.0 Å². The minimum Gasteiger partial charge on any atom is -0.382 e. The molecule has 0 aromatic carbocycles. The van der Waals surface area contributed by atoms with Gasteiger partial charge < -0.3 is 24.7 Å². The summed E-state index contributed by atoms with van der Waals surface area (Å²) in [4.78, 5) is 4.15. The van der Waals surface area contributed by atoms with Crippen molar-refractivity contribution in [3.8, 4) is 0 Å². The van der Waals surface area contributed by atoms with Gasteiger partial charge in [-0.2, -0.15) is 0 Å². The highest BCUT2D eigenvalue weighted by molar-refractivity contribution is 14.0. The molecule has 0 aliphatic carbocycles. The molecule has 6 nitrogen and oxygen atoms in total. The molecule has 2 N–H and O–H groups in total. The molecular formula is C13H25IN4O2. The molecule has 0 unspecified atom stereocenters. The van der Waals surface area contributed by atoms with Gasteiger partial charge >= 0.3 is 0 Å². The molecular weight excluding hydrogens is 371 g/mol. The van der Waals surface area contributed by atoms with Crippen LogP contribution in [-0.4, -0.2) is 57.6 Å². The van der Waals surface area contributed by atoms with E-state index in [1.165, 1.54) is 0 Å². The lowest BCUT2D eigenvalue weighted by molar-refractivity contribution is 0.0733. The second-order valence-corrected chi connectivity index (χ2v) is 3.95. The number of halogens is 1. The van der Waals surface area contributed by atoms with Crippen molar-refractivity contribution in [3.63, 3.8) is 0 Å². The van der Waals surface area contributed by atoms with Crippen molar-refractivity contribution in [1.29, 1.82) is 0 Å². The number of rotatable bonds is 9. The molecule has 0 aliphatic heterocycles. The van der Waals surface area contributed by atoms with Crippen molar-refractivity contribution in [2.24, 2.45) is 4.99 Å². The first-order valence-electron chi connectivity index (χ1n) is 6.48. The van der Waals surface area contributed by atoms with Gasteiger partial charge in [-0.15, -0.1) is 24.0 Å². The maximum Gasteiger partial charge on any atom is 0.191 e. The minimum atomic E-state index is 0. The molecule has 0 radical (unpaired) electrons. The number of aliphatic imine (C=N–C) groups is 1. The van der Waals surface area contributed by atoms with E-state index in [9.17, 15) is 0 Å². The Labute approximate surface area is 138 Å². The van der Waals surface area contributed by atoms with Crippen LogP contribution < -0.4 is 10.6 Å². The summed E-state index contributed by atoms with van der Waals surface area (Å²) in [6.07, 6.45) is 4.09. The molecule has 1 rings (SSSR count). The number of guanidine groups is 1. The number of aromatic nitrogens is 1. The van der Waals surface area contributed by atoms with Crippen LogP contribution >= 0.6 is 24.0 Å². The summed E-state index contributed by atoms with van der Waals surface area (Å²) in [5, 5.41) is 6.44. The Hall–Kier alpha value is -0.800. The van der Waals surface area contributed by atoms with Crippen LogP contribution in [0.2, 0.25) is 0 Å². The van der Waals surface area contributed by atoms with Crippen LogP contribution in [0, 0.1) is 0 Å². The molecule has 0 spiro atoms. The van der Waals surface area contributed by atoms with Crippen LogP contribution in [0.15, 0.2) is 29.5 Å². The van der Waals surface area contributed by atoms with Crippen molar-refractivity contribution in [2.75, 3.05) is 47.1 Å². The SMILES string of the molecule is CN=C(NCCOCCOC)NCCn1cccc1.I. The van der Waals surface area contributed by atoms with Crippen LogP contribution in [0.25, 0.3) is 0 Å².